The molecule has 0 saturated carbocycles. The second-order valence-electron chi connectivity index (χ2n) is 5.89. The molecule has 1 heterocycles. The van der Waals surface area contributed by atoms with E-state index in [-0.39, 0.29) is 17.7 Å². The van der Waals surface area contributed by atoms with Gasteiger partial charge in [0, 0.05) is 19.0 Å². The second kappa shape index (κ2) is 7.08. The van der Waals surface area contributed by atoms with Gasteiger partial charge >= 0.3 is 0 Å². The molecule has 1 unspecified atom stereocenters. The molecule has 0 N–H and O–H groups in total. The first-order valence-corrected chi connectivity index (χ1v) is 7.93. The number of Topliss-reactive ketones (excluding diaryl/α,β-unsaturated/α-hetero) is 1. The fourth-order valence-electron chi connectivity index (χ4n) is 2.94. The van der Waals surface area contributed by atoms with Crippen molar-refractivity contribution in [1.29, 1.82) is 0 Å². The standard InChI is InChI=1S/C17H22ClNO2/c1-12-7-8-15(16(18)10-12)17(21)19-9-5-3-4-6-14(19)11-13(2)20/h7-8,10,14H,3-6,9,11H2,1-2H3. The number of hydrogen-bond acceptors (Lipinski definition) is 2. The molecule has 21 heavy (non-hydrogen) atoms. The van der Waals surface area contributed by atoms with Crippen molar-refractivity contribution in [3.05, 3.63) is 34.3 Å². The first kappa shape index (κ1) is 16.0. The fourth-order valence-corrected chi connectivity index (χ4v) is 3.25. The molecule has 0 spiro atoms. The Hall–Kier alpha value is -1.35. The van der Waals surface area contributed by atoms with E-state index in [9.17, 15) is 9.59 Å². The van der Waals surface area contributed by atoms with Crippen molar-refractivity contribution in [2.75, 3.05) is 6.54 Å². The molecule has 1 atom stereocenters. The molecule has 0 aliphatic carbocycles. The summed E-state index contributed by atoms with van der Waals surface area (Å²) in [5, 5.41) is 0.492. The van der Waals surface area contributed by atoms with Gasteiger partial charge in [-0.1, -0.05) is 30.5 Å². The smallest absolute Gasteiger partial charge is 0.255 e. The van der Waals surface area contributed by atoms with Gasteiger partial charge in [0.15, 0.2) is 0 Å². The van der Waals surface area contributed by atoms with E-state index in [0.717, 1.165) is 31.2 Å². The molecule has 1 saturated heterocycles. The molecule has 1 aromatic carbocycles. The number of amides is 1. The van der Waals surface area contributed by atoms with Crippen LogP contribution >= 0.6 is 11.6 Å². The number of likely N-dealkylation sites (tertiary alicyclic amines) is 1. The molecule has 1 aromatic rings. The third-order valence-corrected chi connectivity index (χ3v) is 4.33. The van der Waals surface area contributed by atoms with Gasteiger partial charge in [0.1, 0.15) is 5.78 Å². The van der Waals surface area contributed by atoms with Crippen molar-refractivity contribution in [3.63, 3.8) is 0 Å². The Morgan fingerprint density at radius 3 is 2.71 bits per heavy atom. The minimum absolute atomic E-state index is 0.00914. The molecule has 0 bridgehead atoms. The van der Waals surface area contributed by atoms with Crippen molar-refractivity contribution in [2.24, 2.45) is 0 Å². The number of benzene rings is 1. The van der Waals surface area contributed by atoms with Gasteiger partial charge in [-0.25, -0.2) is 0 Å². The number of carbonyl (C=O) groups excluding carboxylic acids is 2. The minimum Gasteiger partial charge on any atom is -0.335 e. The summed E-state index contributed by atoms with van der Waals surface area (Å²) < 4.78 is 0. The van der Waals surface area contributed by atoms with Gasteiger partial charge in [0.2, 0.25) is 0 Å². The van der Waals surface area contributed by atoms with Crippen LogP contribution in [-0.2, 0) is 4.79 Å². The number of hydrogen-bond donors (Lipinski definition) is 0. The zero-order chi connectivity index (χ0) is 15.4. The van der Waals surface area contributed by atoms with Crippen molar-refractivity contribution >= 4 is 23.3 Å². The van der Waals surface area contributed by atoms with Crippen LogP contribution in [0.2, 0.25) is 5.02 Å². The number of rotatable bonds is 3. The van der Waals surface area contributed by atoms with Gasteiger partial charge < -0.3 is 4.90 Å². The van der Waals surface area contributed by atoms with Crippen molar-refractivity contribution in [3.8, 4) is 0 Å². The van der Waals surface area contributed by atoms with Crippen LogP contribution in [0, 0.1) is 6.92 Å². The highest BCUT2D eigenvalue weighted by molar-refractivity contribution is 6.33. The summed E-state index contributed by atoms with van der Waals surface area (Å²) in [5.41, 5.74) is 1.57. The Bertz CT molecular complexity index is 542. The fraction of sp³-hybridized carbons (Fsp3) is 0.529. The maximum Gasteiger partial charge on any atom is 0.255 e. The molecule has 2 rings (SSSR count). The lowest BCUT2D eigenvalue weighted by Gasteiger charge is -2.30. The quantitative estimate of drug-likeness (QED) is 0.846. The van der Waals surface area contributed by atoms with Gasteiger partial charge in [0.05, 0.1) is 10.6 Å². The van der Waals surface area contributed by atoms with Crippen LogP contribution in [0.5, 0.6) is 0 Å². The Morgan fingerprint density at radius 1 is 1.29 bits per heavy atom. The summed E-state index contributed by atoms with van der Waals surface area (Å²) in [7, 11) is 0. The van der Waals surface area contributed by atoms with Crippen LogP contribution in [0.25, 0.3) is 0 Å². The molecular weight excluding hydrogens is 286 g/mol. The van der Waals surface area contributed by atoms with Gasteiger partial charge in [-0.2, -0.15) is 0 Å². The first-order chi connectivity index (χ1) is 9.99. The summed E-state index contributed by atoms with van der Waals surface area (Å²) in [6.07, 6.45) is 4.51. The van der Waals surface area contributed by atoms with Crippen LogP contribution in [0.1, 0.15) is 54.9 Å². The Balaban J connectivity index is 2.26. The molecular formula is C17H22ClNO2. The first-order valence-electron chi connectivity index (χ1n) is 7.55. The summed E-state index contributed by atoms with van der Waals surface area (Å²) in [5.74, 6) is 0.0860. The highest BCUT2D eigenvalue weighted by atomic mass is 35.5. The van der Waals surface area contributed by atoms with Crippen LogP contribution in [-0.4, -0.2) is 29.2 Å². The van der Waals surface area contributed by atoms with E-state index in [1.807, 2.05) is 24.0 Å². The van der Waals surface area contributed by atoms with E-state index in [0.29, 0.717) is 23.6 Å². The molecule has 114 valence electrons. The van der Waals surface area contributed by atoms with E-state index in [1.54, 1.807) is 13.0 Å². The molecule has 3 nitrogen and oxygen atoms in total. The predicted octanol–water partition coefficient (Wildman–Crippen LogP) is 4.01. The summed E-state index contributed by atoms with van der Waals surface area (Å²) in [4.78, 5) is 26.1. The Labute approximate surface area is 131 Å². The molecule has 4 heteroatoms. The van der Waals surface area contributed by atoms with Gasteiger partial charge in [-0.3, -0.25) is 9.59 Å². The highest BCUT2D eigenvalue weighted by Crippen LogP contribution is 2.25. The average molecular weight is 308 g/mol. The van der Waals surface area contributed by atoms with Gasteiger partial charge in [-0.15, -0.1) is 0 Å². The largest absolute Gasteiger partial charge is 0.335 e. The van der Waals surface area contributed by atoms with Crippen molar-refractivity contribution < 1.29 is 9.59 Å². The van der Waals surface area contributed by atoms with E-state index in [2.05, 4.69) is 0 Å². The average Bonchev–Trinajstić information content (AvgIpc) is 2.63. The third-order valence-electron chi connectivity index (χ3n) is 4.02. The van der Waals surface area contributed by atoms with Crippen LogP contribution in [0.15, 0.2) is 18.2 Å². The predicted molar refractivity (Wildman–Crippen MR) is 84.8 cm³/mol. The molecule has 1 aliphatic rings. The van der Waals surface area contributed by atoms with E-state index in [4.69, 9.17) is 11.6 Å². The highest BCUT2D eigenvalue weighted by Gasteiger charge is 2.28. The topological polar surface area (TPSA) is 37.4 Å². The van der Waals surface area contributed by atoms with E-state index >= 15 is 0 Å². The van der Waals surface area contributed by atoms with Crippen LogP contribution in [0.3, 0.4) is 0 Å². The van der Waals surface area contributed by atoms with Crippen molar-refractivity contribution in [2.45, 2.75) is 52.0 Å². The second-order valence-corrected chi connectivity index (χ2v) is 6.30. The summed E-state index contributed by atoms with van der Waals surface area (Å²) in [6.45, 7) is 4.25. The lowest BCUT2D eigenvalue weighted by Crippen LogP contribution is -2.41. The lowest BCUT2D eigenvalue weighted by molar-refractivity contribution is -0.118. The molecule has 1 aliphatic heterocycles. The summed E-state index contributed by atoms with van der Waals surface area (Å²) in [6, 6.07) is 5.51. The summed E-state index contributed by atoms with van der Waals surface area (Å²) >= 11 is 6.22. The number of carbonyl (C=O) groups is 2. The minimum atomic E-state index is -0.0480. The molecule has 0 radical (unpaired) electrons. The van der Waals surface area contributed by atoms with E-state index in [1.165, 1.54) is 0 Å². The number of halogens is 1. The zero-order valence-corrected chi connectivity index (χ0v) is 13.4. The van der Waals surface area contributed by atoms with Crippen LogP contribution in [0.4, 0.5) is 0 Å². The lowest BCUT2D eigenvalue weighted by atomic mass is 10.0. The number of nitrogens with zero attached hydrogens (tertiary/aromatic N) is 1. The number of aryl methyl sites for hydroxylation is 1. The maximum atomic E-state index is 12.8. The third kappa shape index (κ3) is 4.07. The van der Waals surface area contributed by atoms with Crippen LogP contribution < -0.4 is 0 Å². The number of ketones is 1. The SMILES string of the molecule is CC(=O)CC1CCCCCN1C(=O)c1ccc(C)cc1Cl. The van der Waals surface area contributed by atoms with Crippen molar-refractivity contribution in [1.82, 2.24) is 4.90 Å². The van der Waals surface area contributed by atoms with Gasteiger partial charge in [-0.05, 0) is 44.4 Å². The Morgan fingerprint density at radius 2 is 2.05 bits per heavy atom. The Kier molecular flexibility index (Phi) is 5.40. The maximum absolute atomic E-state index is 12.8. The van der Waals surface area contributed by atoms with Gasteiger partial charge in [0.25, 0.3) is 5.91 Å². The molecule has 0 aromatic heterocycles. The normalized spacial score (nSPS) is 19.2. The van der Waals surface area contributed by atoms with E-state index < -0.39 is 0 Å². The molecule has 1 fully saturated rings. The monoisotopic (exact) mass is 307 g/mol. The zero-order valence-electron chi connectivity index (χ0n) is 12.7. The molecule has 1 amide bonds.